The maximum atomic E-state index is 4.81. The number of hydrogen-bond acceptors (Lipinski definition) is 2. The fourth-order valence-electron chi connectivity index (χ4n) is 9.91. The van der Waals surface area contributed by atoms with E-state index in [9.17, 15) is 0 Å². The lowest BCUT2D eigenvalue weighted by molar-refractivity contribution is 0.808. The summed E-state index contributed by atoms with van der Waals surface area (Å²) in [6.07, 6.45) is 0. The topological polar surface area (TPSA) is 45.5 Å². The molecule has 13 aromatic rings. The Morgan fingerprint density at radius 1 is 0.323 bits per heavy atom. The van der Waals surface area contributed by atoms with Crippen molar-refractivity contribution in [2.45, 2.75) is 0 Å². The van der Waals surface area contributed by atoms with Gasteiger partial charge in [0, 0.05) is 49.1 Å². The van der Waals surface area contributed by atoms with E-state index in [1.807, 2.05) is 28.9 Å². The zero-order valence-electron chi connectivity index (χ0n) is 33.5. The second-order valence-electron chi connectivity index (χ2n) is 15.9. The minimum Gasteiger partial charge on any atom is -0.309 e. The van der Waals surface area contributed by atoms with Gasteiger partial charge in [-0.25, -0.2) is 4.68 Å². The summed E-state index contributed by atoms with van der Waals surface area (Å²) in [5.41, 5.74) is 15.0. The van der Waals surface area contributed by atoms with E-state index in [4.69, 9.17) is 10.3 Å². The number of nitrogens with zero attached hydrogens (tertiary/aromatic N) is 6. The van der Waals surface area contributed by atoms with E-state index in [-0.39, 0.29) is 0 Å². The van der Waals surface area contributed by atoms with Crippen LogP contribution in [0.15, 0.2) is 218 Å². The Morgan fingerprint density at radius 3 is 1.52 bits per heavy atom. The maximum Gasteiger partial charge on any atom is 0.121 e. The van der Waals surface area contributed by atoms with E-state index in [1.54, 1.807) is 0 Å². The molecule has 4 heterocycles. The molecule has 0 unspecified atom stereocenters. The van der Waals surface area contributed by atoms with Crippen molar-refractivity contribution in [1.29, 1.82) is 0 Å². The Kier molecular flexibility index (Phi) is 7.50. The van der Waals surface area contributed by atoms with Crippen LogP contribution in [0.2, 0.25) is 0 Å². The van der Waals surface area contributed by atoms with E-state index in [2.05, 4.69) is 208 Å². The van der Waals surface area contributed by atoms with Crippen LogP contribution in [-0.2, 0) is 0 Å². The highest BCUT2D eigenvalue weighted by atomic mass is 15.4. The quantitative estimate of drug-likeness (QED) is 0.168. The Hall–Kier alpha value is -8.48. The average molecular weight is 793 g/mol. The van der Waals surface area contributed by atoms with Crippen molar-refractivity contribution in [3.8, 4) is 45.3 Å². The smallest absolute Gasteiger partial charge is 0.121 e. The van der Waals surface area contributed by atoms with Gasteiger partial charge in [-0.3, -0.25) is 0 Å². The summed E-state index contributed by atoms with van der Waals surface area (Å²) in [7, 11) is 0. The molecule has 9 aromatic carbocycles. The van der Waals surface area contributed by atoms with Gasteiger partial charge in [0.1, 0.15) is 11.4 Å². The Bertz CT molecular complexity index is 3790. The number of benzene rings is 9. The first-order chi connectivity index (χ1) is 30.8. The normalized spacial score (nSPS) is 11.9. The maximum absolute atomic E-state index is 4.81. The number of hydrogen-bond donors (Lipinski definition) is 0. The van der Waals surface area contributed by atoms with E-state index in [0.717, 1.165) is 67.3 Å². The van der Waals surface area contributed by atoms with Gasteiger partial charge < -0.3 is 13.7 Å². The molecule has 62 heavy (non-hydrogen) atoms. The van der Waals surface area contributed by atoms with Crippen molar-refractivity contribution in [1.82, 2.24) is 28.7 Å². The molecule has 6 nitrogen and oxygen atoms in total. The van der Waals surface area contributed by atoms with E-state index in [0.29, 0.717) is 0 Å². The molecule has 0 N–H and O–H groups in total. The van der Waals surface area contributed by atoms with E-state index < -0.39 is 0 Å². The van der Waals surface area contributed by atoms with Crippen molar-refractivity contribution < 1.29 is 0 Å². The van der Waals surface area contributed by atoms with Gasteiger partial charge in [0.05, 0.1) is 50.2 Å². The van der Waals surface area contributed by atoms with Crippen LogP contribution in [0.1, 0.15) is 0 Å². The molecular weight excluding hydrogens is 757 g/mol. The molecule has 0 spiro atoms. The zero-order chi connectivity index (χ0) is 40.7. The molecule has 0 aliphatic rings. The summed E-state index contributed by atoms with van der Waals surface area (Å²) >= 11 is 0. The molecule has 290 valence electrons. The van der Waals surface area contributed by atoms with Crippen molar-refractivity contribution in [3.63, 3.8) is 0 Å². The van der Waals surface area contributed by atoms with E-state index >= 15 is 0 Å². The van der Waals surface area contributed by atoms with Crippen molar-refractivity contribution in [3.05, 3.63) is 218 Å². The van der Waals surface area contributed by atoms with Crippen molar-refractivity contribution in [2.75, 3.05) is 0 Å². The third-order valence-corrected chi connectivity index (χ3v) is 12.5. The van der Waals surface area contributed by atoms with Crippen LogP contribution < -0.4 is 0 Å². The molecule has 0 atom stereocenters. The SMILES string of the molecule is c1ccc(-c2nnn(-c3ccccc3)c2-c2ccc3c4ccccc4n(-c4ccccc4-n4c5ccccc5c5c4ccc4c6ccccc6n(-c6ccccc6)c45)c3c2)cc1. The molecule has 0 saturated heterocycles. The summed E-state index contributed by atoms with van der Waals surface area (Å²) in [4.78, 5) is 0. The van der Waals surface area contributed by atoms with Gasteiger partial charge >= 0.3 is 0 Å². The van der Waals surface area contributed by atoms with Gasteiger partial charge in [0.15, 0.2) is 0 Å². The minimum absolute atomic E-state index is 0.835. The van der Waals surface area contributed by atoms with Crippen LogP contribution in [-0.4, -0.2) is 28.7 Å². The lowest BCUT2D eigenvalue weighted by Gasteiger charge is -2.17. The molecule has 0 fully saturated rings. The summed E-state index contributed by atoms with van der Waals surface area (Å²) in [6.45, 7) is 0. The molecule has 0 bridgehead atoms. The second kappa shape index (κ2) is 13.5. The summed E-state index contributed by atoms with van der Waals surface area (Å²) in [5, 5.41) is 16.9. The molecule has 0 aliphatic carbocycles. The predicted octanol–water partition coefficient (Wildman–Crippen LogP) is 13.9. The number of rotatable bonds is 6. The minimum atomic E-state index is 0.835. The van der Waals surface area contributed by atoms with Gasteiger partial charge in [0.25, 0.3) is 0 Å². The molecule has 0 amide bonds. The molecule has 0 radical (unpaired) electrons. The highest BCUT2D eigenvalue weighted by molar-refractivity contribution is 6.26. The van der Waals surface area contributed by atoms with Crippen molar-refractivity contribution in [2.24, 2.45) is 0 Å². The monoisotopic (exact) mass is 792 g/mol. The second-order valence-corrected chi connectivity index (χ2v) is 15.9. The lowest BCUT2D eigenvalue weighted by Crippen LogP contribution is -2.03. The number of para-hydroxylation sites is 7. The molecule has 13 rings (SSSR count). The number of fused-ring (bicyclic) bond motifs is 10. The first-order valence-corrected chi connectivity index (χ1v) is 21.0. The van der Waals surface area contributed by atoms with Gasteiger partial charge in [-0.2, -0.15) is 0 Å². The van der Waals surface area contributed by atoms with Crippen LogP contribution in [0, 0.1) is 0 Å². The standard InChI is InChI=1S/C56H36N6/c1-4-18-37(19-5-1)54-55(62(58-57-54)40-22-8-3-9-23-40)38-32-33-43-41-24-10-14-28-47(41)61(52(43)36-38)50-31-17-16-30-49(50)60-48-29-15-12-26-45(48)53-51(60)35-34-44-42-25-11-13-27-46(42)59(56(44)53)39-20-6-2-7-21-39/h1-36H. The first kappa shape index (κ1) is 34.4. The lowest BCUT2D eigenvalue weighted by atomic mass is 10.0. The van der Waals surface area contributed by atoms with Gasteiger partial charge in [-0.05, 0) is 66.7 Å². The summed E-state index contributed by atoms with van der Waals surface area (Å²) < 4.78 is 9.34. The van der Waals surface area contributed by atoms with E-state index in [1.165, 1.54) is 43.4 Å². The Balaban J connectivity index is 1.11. The molecule has 6 heteroatoms. The first-order valence-electron chi connectivity index (χ1n) is 21.0. The van der Waals surface area contributed by atoms with Crippen molar-refractivity contribution >= 4 is 65.4 Å². The average Bonchev–Trinajstić information content (AvgIpc) is 4.11. The third-order valence-electron chi connectivity index (χ3n) is 12.5. The van der Waals surface area contributed by atoms with Crippen LogP contribution in [0.5, 0.6) is 0 Å². The summed E-state index contributed by atoms with van der Waals surface area (Å²) in [5.74, 6) is 0. The largest absolute Gasteiger partial charge is 0.309 e. The van der Waals surface area contributed by atoms with Gasteiger partial charge in [0.2, 0.25) is 0 Å². The van der Waals surface area contributed by atoms with Crippen LogP contribution >= 0.6 is 0 Å². The Morgan fingerprint density at radius 2 is 0.823 bits per heavy atom. The Labute approximate surface area is 356 Å². The van der Waals surface area contributed by atoms with Crippen LogP contribution in [0.3, 0.4) is 0 Å². The highest BCUT2D eigenvalue weighted by Crippen LogP contribution is 2.44. The van der Waals surface area contributed by atoms with Gasteiger partial charge in [-0.1, -0.05) is 157 Å². The predicted molar refractivity (Wildman–Crippen MR) is 255 cm³/mol. The van der Waals surface area contributed by atoms with Gasteiger partial charge in [-0.15, -0.1) is 5.10 Å². The van der Waals surface area contributed by atoms with Crippen LogP contribution in [0.25, 0.3) is 111 Å². The van der Waals surface area contributed by atoms with Crippen LogP contribution in [0.4, 0.5) is 0 Å². The fourth-order valence-corrected chi connectivity index (χ4v) is 9.91. The molecule has 4 aromatic heterocycles. The molecular formula is C56H36N6. The molecule has 0 saturated carbocycles. The third kappa shape index (κ3) is 4.98. The fraction of sp³-hybridized carbons (Fsp3) is 0. The summed E-state index contributed by atoms with van der Waals surface area (Å²) in [6, 6.07) is 78.1. The highest BCUT2D eigenvalue weighted by Gasteiger charge is 2.24. The zero-order valence-corrected chi connectivity index (χ0v) is 33.5. The number of aromatic nitrogens is 6. The molecule has 0 aliphatic heterocycles.